The molecule has 0 spiro atoms. The second kappa shape index (κ2) is 7.43. The van der Waals surface area contributed by atoms with Crippen molar-refractivity contribution in [2.75, 3.05) is 20.1 Å². The second-order valence-corrected chi connectivity index (χ2v) is 6.59. The lowest BCUT2D eigenvalue weighted by Crippen LogP contribution is -2.37. The van der Waals surface area contributed by atoms with Gasteiger partial charge in [0.2, 0.25) is 0 Å². The summed E-state index contributed by atoms with van der Waals surface area (Å²) in [5.41, 5.74) is 0.623. The summed E-state index contributed by atoms with van der Waals surface area (Å²) in [7, 11) is 2.14. The van der Waals surface area contributed by atoms with E-state index in [1.54, 1.807) is 18.2 Å². The zero-order valence-corrected chi connectivity index (χ0v) is 14.0. The first-order chi connectivity index (χ1) is 9.58. The molecule has 1 aromatic rings. The molecule has 0 aromatic heterocycles. The van der Waals surface area contributed by atoms with Gasteiger partial charge in [0.1, 0.15) is 0 Å². The topological polar surface area (TPSA) is 32.3 Å². The highest BCUT2D eigenvalue weighted by Crippen LogP contribution is 2.22. The van der Waals surface area contributed by atoms with Crippen molar-refractivity contribution in [3.05, 3.63) is 33.3 Å². The van der Waals surface area contributed by atoms with Gasteiger partial charge in [0.05, 0.1) is 5.56 Å². The van der Waals surface area contributed by atoms with Gasteiger partial charge in [0, 0.05) is 28.6 Å². The summed E-state index contributed by atoms with van der Waals surface area (Å²) < 4.78 is 0.728. The van der Waals surface area contributed by atoms with E-state index < -0.39 is 0 Å². The summed E-state index contributed by atoms with van der Waals surface area (Å²) in [4.78, 5) is 14.4. The number of amides is 1. The van der Waals surface area contributed by atoms with Crippen LogP contribution in [0.25, 0.3) is 0 Å². The lowest BCUT2D eigenvalue weighted by atomic mass is 10.2. The monoisotopic (exact) mass is 358 g/mol. The smallest absolute Gasteiger partial charge is 0.252 e. The Morgan fingerprint density at radius 3 is 2.80 bits per heavy atom. The van der Waals surface area contributed by atoms with E-state index in [4.69, 9.17) is 11.6 Å². The Labute approximate surface area is 133 Å². The number of likely N-dealkylation sites (N-methyl/N-ethyl adjacent to an activating group) is 1. The van der Waals surface area contributed by atoms with E-state index in [-0.39, 0.29) is 5.91 Å². The van der Waals surface area contributed by atoms with Crippen LogP contribution in [0.5, 0.6) is 0 Å². The predicted octanol–water partition coefficient (Wildman–Crippen LogP) is 3.71. The number of nitrogens with one attached hydrogen (secondary N) is 1. The van der Waals surface area contributed by atoms with E-state index in [0.29, 0.717) is 23.2 Å². The first-order valence-corrected chi connectivity index (χ1v) is 8.18. The molecule has 0 bridgehead atoms. The van der Waals surface area contributed by atoms with Gasteiger partial charge in [-0.05, 0) is 54.0 Å². The molecule has 0 heterocycles. The lowest BCUT2D eigenvalue weighted by molar-refractivity contribution is 0.0946. The molecule has 5 heteroatoms. The number of carbonyl (C=O) groups excluding carboxylic acids is 1. The molecule has 1 fully saturated rings. The van der Waals surface area contributed by atoms with Crippen molar-refractivity contribution in [3.63, 3.8) is 0 Å². The van der Waals surface area contributed by atoms with Crippen LogP contribution in [0.1, 0.15) is 36.0 Å². The van der Waals surface area contributed by atoms with Crippen LogP contribution in [0.3, 0.4) is 0 Å². The van der Waals surface area contributed by atoms with Crippen LogP contribution < -0.4 is 5.32 Å². The van der Waals surface area contributed by atoms with Crippen molar-refractivity contribution in [2.24, 2.45) is 0 Å². The van der Waals surface area contributed by atoms with Gasteiger partial charge >= 0.3 is 0 Å². The van der Waals surface area contributed by atoms with E-state index in [9.17, 15) is 4.79 Å². The van der Waals surface area contributed by atoms with Crippen molar-refractivity contribution in [2.45, 2.75) is 31.7 Å². The zero-order chi connectivity index (χ0) is 14.5. The predicted molar refractivity (Wildman–Crippen MR) is 86.4 cm³/mol. The number of benzene rings is 1. The molecule has 1 aromatic carbocycles. The molecule has 110 valence electrons. The third kappa shape index (κ3) is 4.21. The van der Waals surface area contributed by atoms with Crippen LogP contribution in [0.4, 0.5) is 0 Å². The molecule has 1 saturated carbocycles. The fourth-order valence-electron chi connectivity index (χ4n) is 2.64. The van der Waals surface area contributed by atoms with Crippen molar-refractivity contribution >= 4 is 33.4 Å². The molecule has 1 amide bonds. The fraction of sp³-hybridized carbons (Fsp3) is 0.533. The highest BCUT2D eigenvalue weighted by Gasteiger charge is 2.19. The van der Waals surface area contributed by atoms with Gasteiger partial charge in [-0.2, -0.15) is 0 Å². The Balaban J connectivity index is 1.80. The summed E-state index contributed by atoms with van der Waals surface area (Å²) in [5, 5.41) is 3.58. The summed E-state index contributed by atoms with van der Waals surface area (Å²) in [6.07, 6.45) is 5.23. The van der Waals surface area contributed by atoms with Gasteiger partial charge in [-0.25, -0.2) is 0 Å². The van der Waals surface area contributed by atoms with Gasteiger partial charge in [0.25, 0.3) is 5.91 Å². The standard InChI is InChI=1S/C15H20BrClN2O/c1-19(12-4-2-3-5-12)9-8-18-15(20)13-7-6-11(17)10-14(13)16/h6-7,10,12H,2-5,8-9H2,1H3,(H,18,20). The SMILES string of the molecule is CN(CCNC(=O)c1ccc(Cl)cc1Br)C1CCCC1. The average molecular weight is 360 g/mol. The number of nitrogens with zero attached hydrogens (tertiary/aromatic N) is 1. The maximum absolute atomic E-state index is 12.1. The molecule has 1 aliphatic carbocycles. The van der Waals surface area contributed by atoms with Crippen LogP contribution in [0.2, 0.25) is 5.02 Å². The van der Waals surface area contributed by atoms with E-state index in [0.717, 1.165) is 11.0 Å². The van der Waals surface area contributed by atoms with Crippen LogP contribution in [0, 0.1) is 0 Å². The van der Waals surface area contributed by atoms with Crippen LogP contribution >= 0.6 is 27.5 Å². The van der Waals surface area contributed by atoms with E-state index >= 15 is 0 Å². The molecule has 0 atom stereocenters. The number of hydrogen-bond acceptors (Lipinski definition) is 2. The molecule has 0 unspecified atom stereocenters. The second-order valence-electron chi connectivity index (χ2n) is 5.30. The molecule has 0 radical (unpaired) electrons. The molecular formula is C15H20BrClN2O. The van der Waals surface area contributed by atoms with E-state index in [2.05, 4.69) is 33.2 Å². The Bertz CT molecular complexity index is 475. The molecule has 1 N–H and O–H groups in total. The van der Waals surface area contributed by atoms with Crippen molar-refractivity contribution in [1.29, 1.82) is 0 Å². The van der Waals surface area contributed by atoms with E-state index in [1.165, 1.54) is 25.7 Å². The Hall–Kier alpha value is -0.580. The summed E-state index contributed by atoms with van der Waals surface area (Å²) >= 11 is 9.24. The maximum Gasteiger partial charge on any atom is 0.252 e. The van der Waals surface area contributed by atoms with Gasteiger partial charge in [-0.3, -0.25) is 4.79 Å². The third-order valence-corrected chi connectivity index (χ3v) is 4.77. The molecule has 3 nitrogen and oxygen atoms in total. The minimum atomic E-state index is -0.0617. The number of rotatable bonds is 5. The first-order valence-electron chi connectivity index (χ1n) is 7.01. The highest BCUT2D eigenvalue weighted by molar-refractivity contribution is 9.10. The largest absolute Gasteiger partial charge is 0.351 e. The summed E-state index contributed by atoms with van der Waals surface area (Å²) in [6.45, 7) is 1.56. The summed E-state index contributed by atoms with van der Waals surface area (Å²) in [6, 6.07) is 5.89. The Morgan fingerprint density at radius 2 is 2.15 bits per heavy atom. The van der Waals surface area contributed by atoms with Crippen LogP contribution in [0.15, 0.2) is 22.7 Å². The minimum absolute atomic E-state index is 0.0617. The first kappa shape index (κ1) is 15.8. The highest BCUT2D eigenvalue weighted by atomic mass is 79.9. The quantitative estimate of drug-likeness (QED) is 0.869. The number of halogens is 2. The molecule has 0 aliphatic heterocycles. The molecule has 2 rings (SSSR count). The van der Waals surface area contributed by atoms with Crippen molar-refractivity contribution in [1.82, 2.24) is 10.2 Å². The summed E-state index contributed by atoms with van der Waals surface area (Å²) in [5.74, 6) is -0.0617. The molecule has 20 heavy (non-hydrogen) atoms. The normalized spacial score (nSPS) is 15.8. The van der Waals surface area contributed by atoms with Gasteiger partial charge in [0.15, 0.2) is 0 Å². The van der Waals surface area contributed by atoms with Gasteiger partial charge in [-0.15, -0.1) is 0 Å². The Morgan fingerprint density at radius 1 is 1.45 bits per heavy atom. The van der Waals surface area contributed by atoms with E-state index in [1.807, 2.05) is 0 Å². The third-order valence-electron chi connectivity index (χ3n) is 3.87. The minimum Gasteiger partial charge on any atom is -0.351 e. The lowest BCUT2D eigenvalue weighted by Gasteiger charge is -2.23. The average Bonchev–Trinajstić information content (AvgIpc) is 2.92. The number of carbonyl (C=O) groups is 1. The zero-order valence-electron chi connectivity index (χ0n) is 11.7. The molecule has 1 aliphatic rings. The van der Waals surface area contributed by atoms with Crippen LogP contribution in [-0.2, 0) is 0 Å². The Kier molecular flexibility index (Phi) is 5.87. The van der Waals surface area contributed by atoms with Crippen LogP contribution in [-0.4, -0.2) is 37.0 Å². The van der Waals surface area contributed by atoms with Gasteiger partial charge in [-0.1, -0.05) is 24.4 Å². The molecule has 0 saturated heterocycles. The van der Waals surface area contributed by atoms with Crippen molar-refractivity contribution in [3.8, 4) is 0 Å². The maximum atomic E-state index is 12.1. The van der Waals surface area contributed by atoms with Crippen molar-refractivity contribution < 1.29 is 4.79 Å². The number of hydrogen-bond donors (Lipinski definition) is 1. The molecular weight excluding hydrogens is 340 g/mol. The van der Waals surface area contributed by atoms with Gasteiger partial charge < -0.3 is 10.2 Å². The fourth-order valence-corrected chi connectivity index (χ4v) is 3.50.